The van der Waals surface area contributed by atoms with Gasteiger partial charge in [-0.15, -0.1) is 0 Å². The van der Waals surface area contributed by atoms with Gasteiger partial charge in [-0.1, -0.05) is 32.0 Å². The largest absolute Gasteiger partial charge is 0.370 e. The summed E-state index contributed by atoms with van der Waals surface area (Å²) >= 11 is 0. The van der Waals surface area contributed by atoms with Crippen LogP contribution in [0, 0.1) is 5.92 Å². The first kappa shape index (κ1) is 34.5. The average molecular weight is 600 g/mol. The molecule has 1 aromatic heterocycles. The van der Waals surface area contributed by atoms with E-state index in [0.29, 0.717) is 19.4 Å². The molecule has 2 rings (SSSR count). The van der Waals surface area contributed by atoms with Gasteiger partial charge in [-0.2, -0.15) is 0 Å². The fourth-order valence-corrected chi connectivity index (χ4v) is 4.38. The Morgan fingerprint density at radius 3 is 2.12 bits per heavy atom. The highest BCUT2D eigenvalue weighted by atomic mass is 16.2. The first-order chi connectivity index (χ1) is 20.4. The van der Waals surface area contributed by atoms with Crippen LogP contribution in [0.3, 0.4) is 0 Å². The fraction of sp³-hybridized carbons (Fsp3) is 0.500. The van der Waals surface area contributed by atoms with Gasteiger partial charge in [-0.25, -0.2) is 0 Å². The van der Waals surface area contributed by atoms with E-state index in [1.807, 2.05) is 30.5 Å². The predicted molar refractivity (Wildman–Crippen MR) is 167 cm³/mol. The van der Waals surface area contributed by atoms with E-state index in [2.05, 4.69) is 30.9 Å². The number of guanidine groups is 2. The number of H-pyrrole nitrogens is 1. The summed E-state index contributed by atoms with van der Waals surface area (Å²) in [5.41, 5.74) is 29.1. The van der Waals surface area contributed by atoms with Crippen LogP contribution in [0.1, 0.15) is 45.1 Å². The van der Waals surface area contributed by atoms with Crippen molar-refractivity contribution in [2.24, 2.45) is 44.6 Å². The van der Waals surface area contributed by atoms with E-state index < -0.39 is 42.4 Å². The summed E-state index contributed by atoms with van der Waals surface area (Å²) < 4.78 is 0. The number of aromatic amines is 1. The summed E-state index contributed by atoms with van der Waals surface area (Å²) in [6.07, 6.45) is 3.41. The van der Waals surface area contributed by atoms with E-state index in [9.17, 15) is 19.2 Å². The zero-order chi connectivity index (χ0) is 31.9. The highest BCUT2D eigenvalue weighted by Gasteiger charge is 2.27. The molecule has 3 amide bonds. The van der Waals surface area contributed by atoms with Gasteiger partial charge in [0.1, 0.15) is 6.04 Å². The highest BCUT2D eigenvalue weighted by Crippen LogP contribution is 2.20. The van der Waals surface area contributed by atoms with Crippen LogP contribution < -0.4 is 44.6 Å². The number of Topliss-reactive ketones (excluding diaryl/α,β-unsaturated/α-hetero) is 1. The monoisotopic (exact) mass is 599 g/mol. The van der Waals surface area contributed by atoms with Crippen molar-refractivity contribution in [1.29, 1.82) is 0 Å². The van der Waals surface area contributed by atoms with Gasteiger partial charge in [0.25, 0.3) is 0 Å². The Labute approximate surface area is 250 Å². The van der Waals surface area contributed by atoms with Gasteiger partial charge in [-0.05, 0) is 37.3 Å². The van der Waals surface area contributed by atoms with Crippen molar-refractivity contribution in [2.45, 2.75) is 64.1 Å². The van der Waals surface area contributed by atoms with E-state index in [4.69, 9.17) is 28.7 Å². The summed E-state index contributed by atoms with van der Waals surface area (Å²) in [7, 11) is 0. The summed E-state index contributed by atoms with van der Waals surface area (Å²) in [5.74, 6) is -2.29. The lowest BCUT2D eigenvalue weighted by molar-refractivity contribution is -0.132. The third-order valence-electron chi connectivity index (χ3n) is 6.65. The molecule has 0 aliphatic carbocycles. The molecule has 0 fully saturated rings. The van der Waals surface area contributed by atoms with Gasteiger partial charge in [0.15, 0.2) is 17.7 Å². The number of amides is 3. The SMILES string of the molecule is CC(C)C(=O)C(Cc1c[nH]c2ccccc12)NC(=O)CNC(=O)C(CCCN=C(N)N)NC(=O)C(N)CCCN=C(N)N. The zero-order valence-electron chi connectivity index (χ0n) is 24.8. The smallest absolute Gasteiger partial charge is 0.243 e. The number of nitrogens with one attached hydrogen (secondary N) is 4. The second-order valence-electron chi connectivity index (χ2n) is 10.5. The van der Waals surface area contributed by atoms with Crippen LogP contribution in [0.2, 0.25) is 0 Å². The number of rotatable bonds is 18. The molecule has 2 aromatic rings. The number of hydrogen-bond acceptors (Lipinski definition) is 7. The maximum atomic E-state index is 13.1. The molecular weight excluding hydrogens is 554 g/mol. The van der Waals surface area contributed by atoms with Crippen molar-refractivity contribution >= 4 is 46.3 Å². The molecule has 0 bridgehead atoms. The first-order valence-electron chi connectivity index (χ1n) is 14.2. The van der Waals surface area contributed by atoms with Crippen LogP contribution in [0.4, 0.5) is 0 Å². The minimum atomic E-state index is -1.00. The summed E-state index contributed by atoms with van der Waals surface area (Å²) in [6.45, 7) is 3.67. The van der Waals surface area contributed by atoms with Crippen molar-refractivity contribution in [3.63, 3.8) is 0 Å². The lowest BCUT2D eigenvalue weighted by Gasteiger charge is -2.22. The molecule has 0 radical (unpaired) electrons. The van der Waals surface area contributed by atoms with Gasteiger partial charge >= 0.3 is 0 Å². The minimum Gasteiger partial charge on any atom is -0.370 e. The molecule has 0 aliphatic heterocycles. The van der Waals surface area contributed by atoms with Crippen LogP contribution in [0.25, 0.3) is 10.9 Å². The van der Waals surface area contributed by atoms with Crippen molar-refractivity contribution in [1.82, 2.24) is 20.9 Å². The molecule has 43 heavy (non-hydrogen) atoms. The van der Waals surface area contributed by atoms with Crippen molar-refractivity contribution in [2.75, 3.05) is 19.6 Å². The van der Waals surface area contributed by atoms with Gasteiger partial charge in [0.2, 0.25) is 17.7 Å². The predicted octanol–water partition coefficient (Wildman–Crippen LogP) is -1.54. The number of ketones is 1. The lowest BCUT2D eigenvalue weighted by atomic mass is 9.95. The maximum absolute atomic E-state index is 13.1. The second-order valence-corrected chi connectivity index (χ2v) is 10.5. The molecular formula is C28H45N11O4. The quantitative estimate of drug-likeness (QED) is 0.0544. The molecule has 236 valence electrons. The number of benzene rings is 1. The number of aromatic nitrogens is 1. The summed E-state index contributed by atoms with van der Waals surface area (Å²) in [6, 6.07) is 4.98. The number of nitrogens with zero attached hydrogens (tertiary/aromatic N) is 2. The molecule has 0 spiro atoms. The Hall–Kier alpha value is -4.66. The van der Waals surface area contributed by atoms with Crippen LogP contribution in [-0.2, 0) is 25.6 Å². The molecule has 0 saturated carbocycles. The van der Waals surface area contributed by atoms with E-state index in [1.165, 1.54) is 0 Å². The van der Waals surface area contributed by atoms with Gasteiger partial charge in [0, 0.05) is 42.5 Å². The van der Waals surface area contributed by atoms with E-state index >= 15 is 0 Å². The van der Waals surface area contributed by atoms with E-state index in [0.717, 1.165) is 16.5 Å². The average Bonchev–Trinajstić information content (AvgIpc) is 3.36. The van der Waals surface area contributed by atoms with Gasteiger partial charge in [0.05, 0.1) is 18.6 Å². The van der Waals surface area contributed by atoms with Gasteiger partial charge < -0.3 is 49.6 Å². The molecule has 3 unspecified atom stereocenters. The summed E-state index contributed by atoms with van der Waals surface area (Å²) in [5, 5.41) is 8.90. The topological polar surface area (TPSA) is 275 Å². The lowest BCUT2D eigenvalue weighted by Crippen LogP contribution is -2.53. The van der Waals surface area contributed by atoms with Crippen LogP contribution in [0.15, 0.2) is 40.4 Å². The maximum Gasteiger partial charge on any atom is 0.243 e. The molecule has 15 heteroatoms. The summed E-state index contributed by atoms with van der Waals surface area (Å²) in [4.78, 5) is 62.5. The normalized spacial score (nSPS) is 13.0. The molecule has 14 N–H and O–H groups in total. The minimum absolute atomic E-state index is 0.0579. The molecule has 3 atom stereocenters. The van der Waals surface area contributed by atoms with Crippen LogP contribution in [0.5, 0.6) is 0 Å². The number of aliphatic imine (C=N–C) groups is 2. The van der Waals surface area contributed by atoms with Crippen molar-refractivity contribution in [3.05, 3.63) is 36.0 Å². The Kier molecular flexibility index (Phi) is 13.9. The second kappa shape index (κ2) is 17.3. The number of hydrogen-bond donors (Lipinski definition) is 9. The molecule has 0 aliphatic rings. The highest BCUT2D eigenvalue weighted by molar-refractivity contribution is 5.94. The number of nitrogens with two attached hydrogens (primary N) is 5. The van der Waals surface area contributed by atoms with E-state index in [1.54, 1.807) is 13.8 Å². The van der Waals surface area contributed by atoms with Gasteiger partial charge in [-0.3, -0.25) is 29.2 Å². The van der Waals surface area contributed by atoms with Crippen LogP contribution >= 0.6 is 0 Å². The van der Waals surface area contributed by atoms with Crippen LogP contribution in [-0.4, -0.2) is 78.2 Å². The first-order valence-corrected chi connectivity index (χ1v) is 14.2. The van der Waals surface area contributed by atoms with E-state index in [-0.39, 0.29) is 49.4 Å². The third-order valence-corrected chi connectivity index (χ3v) is 6.65. The molecule has 15 nitrogen and oxygen atoms in total. The Bertz CT molecular complexity index is 1300. The Morgan fingerprint density at radius 1 is 0.860 bits per heavy atom. The standard InChI is InChI=1S/C28H45N11O4/c1-16(2)24(41)22(13-17-14-36-20-9-4-3-7-18(17)20)38-23(40)15-37-26(43)21(10-6-12-35-28(32)33)39-25(42)19(29)8-5-11-34-27(30)31/h3-4,7,9,14,16,19,21-22,36H,5-6,8,10-13,15,29H2,1-2H3,(H,37,43)(H,38,40)(H,39,42)(H4,30,31,34)(H4,32,33,35). The molecule has 1 heterocycles. The molecule has 1 aromatic carbocycles. The van der Waals surface area contributed by atoms with Crippen molar-refractivity contribution in [3.8, 4) is 0 Å². The third kappa shape index (κ3) is 12.0. The Morgan fingerprint density at radius 2 is 1.49 bits per heavy atom. The zero-order valence-corrected chi connectivity index (χ0v) is 24.8. The number of carbonyl (C=O) groups is 4. The number of carbonyl (C=O) groups excluding carboxylic acids is 4. The number of para-hydroxylation sites is 1. The Balaban J connectivity index is 2.02. The number of fused-ring (bicyclic) bond motifs is 1. The van der Waals surface area contributed by atoms with Crippen molar-refractivity contribution < 1.29 is 19.2 Å². The fourth-order valence-electron chi connectivity index (χ4n) is 4.38. The molecule has 0 saturated heterocycles.